The average Bonchev–Trinajstić information content (AvgIpc) is 3.21. The molecule has 0 radical (unpaired) electrons. The van der Waals surface area contributed by atoms with Gasteiger partial charge in [-0.2, -0.15) is 0 Å². The van der Waals surface area contributed by atoms with Crippen molar-refractivity contribution >= 4 is 27.3 Å². The number of carbonyl (C=O) groups excluding carboxylic acids is 1. The highest BCUT2D eigenvalue weighted by Crippen LogP contribution is 2.26. The van der Waals surface area contributed by atoms with Gasteiger partial charge >= 0.3 is 0 Å². The second-order valence-corrected chi connectivity index (χ2v) is 8.82. The van der Waals surface area contributed by atoms with Gasteiger partial charge in [-0.15, -0.1) is 5.10 Å². The summed E-state index contributed by atoms with van der Waals surface area (Å²) in [5.74, 6) is -0.113. The number of carbonyl (C=O) groups is 1. The van der Waals surface area contributed by atoms with Crippen molar-refractivity contribution in [3.63, 3.8) is 0 Å². The zero-order valence-corrected chi connectivity index (χ0v) is 16.4. The maximum atomic E-state index is 12.6. The zero-order valence-electron chi connectivity index (χ0n) is 15.6. The monoisotopic (exact) mass is 412 g/mol. The van der Waals surface area contributed by atoms with Gasteiger partial charge in [0.1, 0.15) is 6.33 Å². The third kappa shape index (κ3) is 4.43. The Kier molecular flexibility index (Phi) is 5.26. The van der Waals surface area contributed by atoms with E-state index < -0.39 is 10.0 Å². The first-order valence-corrected chi connectivity index (χ1v) is 10.8. The van der Waals surface area contributed by atoms with Gasteiger partial charge in [0, 0.05) is 17.8 Å². The van der Waals surface area contributed by atoms with Gasteiger partial charge in [-0.3, -0.25) is 9.10 Å². The van der Waals surface area contributed by atoms with Gasteiger partial charge in [0.05, 0.1) is 18.0 Å². The third-order valence-electron chi connectivity index (χ3n) is 4.69. The number of nitrogens with zero attached hydrogens (tertiary/aromatic N) is 5. The van der Waals surface area contributed by atoms with Crippen LogP contribution in [0, 0.1) is 0 Å². The topological polar surface area (TPSA) is 110 Å². The normalized spacial score (nSPS) is 15.8. The van der Waals surface area contributed by atoms with Crippen molar-refractivity contribution in [2.45, 2.75) is 19.4 Å². The second-order valence-electron chi connectivity index (χ2n) is 6.80. The largest absolute Gasteiger partial charge is 0.322 e. The van der Waals surface area contributed by atoms with Crippen molar-refractivity contribution in [1.29, 1.82) is 0 Å². The Balaban J connectivity index is 1.46. The van der Waals surface area contributed by atoms with E-state index >= 15 is 0 Å². The van der Waals surface area contributed by atoms with Gasteiger partial charge in [0.15, 0.2) is 0 Å². The summed E-state index contributed by atoms with van der Waals surface area (Å²) in [6, 6.07) is 14.1. The minimum absolute atomic E-state index is 0.153. The molecule has 1 N–H and O–H groups in total. The molecule has 2 heterocycles. The van der Waals surface area contributed by atoms with E-state index in [-0.39, 0.29) is 11.7 Å². The fourth-order valence-electron chi connectivity index (χ4n) is 3.22. The SMILES string of the molecule is O=C(Nc1cccc(N2CCCCS2(=O)=O)c1)c1ccc(Cn2cnnn2)cc1. The molecular weight excluding hydrogens is 392 g/mol. The number of hydrogen-bond acceptors (Lipinski definition) is 6. The van der Waals surface area contributed by atoms with Crippen LogP contribution in [0.15, 0.2) is 54.9 Å². The molecule has 0 bridgehead atoms. The Morgan fingerprint density at radius 2 is 1.93 bits per heavy atom. The molecule has 29 heavy (non-hydrogen) atoms. The first kappa shape index (κ1) is 19.1. The van der Waals surface area contributed by atoms with Crippen molar-refractivity contribution in [1.82, 2.24) is 20.2 Å². The van der Waals surface area contributed by atoms with Crippen LogP contribution in [0.2, 0.25) is 0 Å². The second kappa shape index (κ2) is 8.00. The minimum atomic E-state index is -3.30. The molecule has 10 heteroatoms. The van der Waals surface area contributed by atoms with Crippen LogP contribution in [0.1, 0.15) is 28.8 Å². The molecule has 0 unspecified atom stereocenters. The fraction of sp³-hybridized carbons (Fsp3) is 0.263. The van der Waals surface area contributed by atoms with Crippen molar-refractivity contribution in [3.05, 3.63) is 66.0 Å². The molecule has 150 valence electrons. The van der Waals surface area contributed by atoms with E-state index in [1.165, 1.54) is 10.6 Å². The summed E-state index contributed by atoms with van der Waals surface area (Å²) in [5, 5.41) is 13.8. The Morgan fingerprint density at radius 1 is 1.10 bits per heavy atom. The number of aromatic nitrogens is 4. The molecule has 4 rings (SSSR count). The summed E-state index contributed by atoms with van der Waals surface area (Å²) in [4.78, 5) is 12.6. The van der Waals surface area contributed by atoms with E-state index in [4.69, 9.17) is 0 Å². The van der Waals surface area contributed by atoms with E-state index in [1.54, 1.807) is 41.1 Å². The Morgan fingerprint density at radius 3 is 2.66 bits per heavy atom. The summed E-state index contributed by atoms with van der Waals surface area (Å²) in [5.41, 5.74) is 2.58. The number of hydrogen-bond donors (Lipinski definition) is 1. The quantitative estimate of drug-likeness (QED) is 0.685. The summed E-state index contributed by atoms with van der Waals surface area (Å²) in [6.45, 7) is 0.976. The van der Waals surface area contributed by atoms with Crippen LogP contribution in [-0.2, 0) is 16.6 Å². The van der Waals surface area contributed by atoms with E-state index in [1.807, 2.05) is 12.1 Å². The van der Waals surface area contributed by atoms with Gasteiger partial charge in [-0.1, -0.05) is 18.2 Å². The van der Waals surface area contributed by atoms with Crippen LogP contribution in [0.4, 0.5) is 11.4 Å². The fourth-order valence-corrected chi connectivity index (χ4v) is 4.85. The maximum absolute atomic E-state index is 12.6. The van der Waals surface area contributed by atoms with Crippen molar-refractivity contribution in [3.8, 4) is 0 Å². The number of anilines is 2. The molecule has 1 aliphatic heterocycles. The van der Waals surface area contributed by atoms with Gasteiger partial charge < -0.3 is 5.32 Å². The smallest absolute Gasteiger partial charge is 0.255 e. The lowest BCUT2D eigenvalue weighted by atomic mass is 10.1. The Hall–Kier alpha value is -3.27. The van der Waals surface area contributed by atoms with Gasteiger partial charge in [0.25, 0.3) is 5.91 Å². The maximum Gasteiger partial charge on any atom is 0.255 e. The van der Waals surface area contributed by atoms with Crippen molar-refractivity contribution in [2.24, 2.45) is 0 Å². The van der Waals surface area contributed by atoms with Gasteiger partial charge in [-0.05, 0) is 59.2 Å². The first-order valence-electron chi connectivity index (χ1n) is 9.23. The molecule has 3 aromatic rings. The van der Waals surface area contributed by atoms with Crippen LogP contribution in [0.5, 0.6) is 0 Å². The summed E-state index contributed by atoms with van der Waals surface area (Å²) in [7, 11) is -3.30. The third-order valence-corrected chi connectivity index (χ3v) is 6.56. The van der Waals surface area contributed by atoms with E-state index in [2.05, 4.69) is 20.8 Å². The number of sulfonamides is 1. The number of rotatable bonds is 5. The zero-order chi connectivity index (χ0) is 20.3. The molecule has 9 nitrogen and oxygen atoms in total. The predicted molar refractivity (Wildman–Crippen MR) is 108 cm³/mol. The highest BCUT2D eigenvalue weighted by atomic mass is 32.2. The molecule has 0 aliphatic carbocycles. The molecule has 0 saturated carbocycles. The summed E-state index contributed by atoms with van der Waals surface area (Å²) < 4.78 is 27.6. The van der Waals surface area contributed by atoms with Crippen LogP contribution >= 0.6 is 0 Å². The number of benzene rings is 2. The molecule has 1 amide bonds. The standard InChI is InChI=1S/C19H20N6O3S/c26-19(16-8-6-15(7-9-16)13-24-14-20-22-23-24)21-17-4-3-5-18(12-17)25-10-1-2-11-29(25,27)28/h3-9,12,14H,1-2,10-11,13H2,(H,21,26). The lowest BCUT2D eigenvalue weighted by molar-refractivity contribution is 0.102. The van der Waals surface area contributed by atoms with Crippen molar-refractivity contribution < 1.29 is 13.2 Å². The summed E-state index contributed by atoms with van der Waals surface area (Å²) in [6.07, 6.45) is 3.03. The molecule has 1 aliphatic rings. The van der Waals surface area contributed by atoms with E-state index in [9.17, 15) is 13.2 Å². The van der Waals surface area contributed by atoms with Crippen LogP contribution in [0.25, 0.3) is 0 Å². The molecule has 1 fully saturated rings. The number of nitrogens with one attached hydrogen (secondary N) is 1. The average molecular weight is 412 g/mol. The highest BCUT2D eigenvalue weighted by Gasteiger charge is 2.26. The summed E-state index contributed by atoms with van der Waals surface area (Å²) >= 11 is 0. The number of amides is 1. The van der Waals surface area contributed by atoms with Crippen molar-refractivity contribution in [2.75, 3.05) is 21.9 Å². The molecule has 2 aromatic carbocycles. The van der Waals surface area contributed by atoms with E-state index in [0.29, 0.717) is 36.4 Å². The Labute approximate surface area is 168 Å². The van der Waals surface area contributed by atoms with Crippen LogP contribution in [0.3, 0.4) is 0 Å². The highest BCUT2D eigenvalue weighted by molar-refractivity contribution is 7.92. The lowest BCUT2D eigenvalue weighted by Crippen LogP contribution is -2.37. The van der Waals surface area contributed by atoms with Crippen LogP contribution in [-0.4, -0.2) is 46.8 Å². The molecular formula is C19H20N6O3S. The Bertz CT molecular complexity index is 1100. The first-order chi connectivity index (χ1) is 14.0. The lowest BCUT2D eigenvalue weighted by Gasteiger charge is -2.28. The molecule has 1 aromatic heterocycles. The van der Waals surface area contributed by atoms with Gasteiger partial charge in [-0.25, -0.2) is 13.1 Å². The van der Waals surface area contributed by atoms with Crippen LogP contribution < -0.4 is 9.62 Å². The minimum Gasteiger partial charge on any atom is -0.322 e. The van der Waals surface area contributed by atoms with E-state index in [0.717, 1.165) is 12.0 Å². The molecule has 0 atom stereocenters. The number of tetrazole rings is 1. The molecule has 0 spiro atoms. The predicted octanol–water partition coefficient (Wildman–Crippen LogP) is 1.90. The van der Waals surface area contributed by atoms with Gasteiger partial charge in [0.2, 0.25) is 10.0 Å². The molecule has 1 saturated heterocycles.